The fourth-order valence-electron chi connectivity index (χ4n) is 3.30. The summed E-state index contributed by atoms with van der Waals surface area (Å²) < 4.78 is 12.8. The predicted molar refractivity (Wildman–Crippen MR) is 105 cm³/mol. The Morgan fingerprint density at radius 2 is 1.85 bits per heavy atom. The molecule has 3 aromatic rings. The van der Waals surface area contributed by atoms with Gasteiger partial charge in [-0.25, -0.2) is 4.68 Å². The summed E-state index contributed by atoms with van der Waals surface area (Å²) >= 11 is 0. The van der Waals surface area contributed by atoms with Crippen molar-refractivity contribution in [2.75, 3.05) is 19.5 Å². The van der Waals surface area contributed by atoms with Crippen LogP contribution < -0.4 is 14.8 Å². The molecule has 0 radical (unpaired) electrons. The number of methoxy groups -OCH3 is 2. The first-order valence-corrected chi connectivity index (χ1v) is 8.78. The Morgan fingerprint density at radius 1 is 1.00 bits per heavy atom. The van der Waals surface area contributed by atoms with Crippen molar-refractivity contribution in [2.45, 2.75) is 19.9 Å². The van der Waals surface area contributed by atoms with Crippen LogP contribution in [0.4, 0.5) is 5.95 Å². The van der Waals surface area contributed by atoms with E-state index in [0.29, 0.717) is 5.95 Å². The molecule has 27 heavy (non-hydrogen) atoms. The second kappa shape index (κ2) is 6.79. The van der Waals surface area contributed by atoms with Crippen LogP contribution in [-0.2, 0) is 0 Å². The van der Waals surface area contributed by atoms with E-state index in [0.717, 1.165) is 28.3 Å². The predicted octanol–water partition coefficient (Wildman–Crippen LogP) is 3.97. The van der Waals surface area contributed by atoms with Crippen molar-refractivity contribution in [3.05, 3.63) is 71.1 Å². The highest BCUT2D eigenvalue weighted by Gasteiger charge is 2.26. The molecule has 0 saturated carbocycles. The van der Waals surface area contributed by atoms with Gasteiger partial charge in [0.25, 0.3) is 0 Å². The molecule has 1 atom stereocenters. The van der Waals surface area contributed by atoms with Gasteiger partial charge in [0, 0.05) is 17.3 Å². The second-order valence-electron chi connectivity index (χ2n) is 6.59. The van der Waals surface area contributed by atoms with Gasteiger partial charge in [-0.2, -0.15) is 10.1 Å². The number of benzene rings is 2. The molecule has 0 fully saturated rings. The Labute approximate surface area is 158 Å². The molecule has 6 nitrogen and oxygen atoms in total. The van der Waals surface area contributed by atoms with E-state index in [4.69, 9.17) is 9.47 Å². The molecule has 0 aliphatic carbocycles. The zero-order valence-corrected chi connectivity index (χ0v) is 15.9. The Kier molecular flexibility index (Phi) is 4.32. The maximum absolute atomic E-state index is 5.62. The number of allylic oxidation sites excluding steroid dienone is 1. The maximum Gasteiger partial charge on any atom is 0.226 e. The van der Waals surface area contributed by atoms with E-state index in [1.165, 1.54) is 11.1 Å². The van der Waals surface area contributed by atoms with Crippen LogP contribution in [0.2, 0.25) is 0 Å². The molecule has 1 unspecified atom stereocenters. The van der Waals surface area contributed by atoms with Crippen LogP contribution in [0.5, 0.6) is 11.5 Å². The highest BCUT2D eigenvalue weighted by molar-refractivity contribution is 5.77. The zero-order valence-electron chi connectivity index (χ0n) is 15.9. The third kappa shape index (κ3) is 3.03. The lowest BCUT2D eigenvalue weighted by molar-refractivity contribution is 0.387. The molecule has 0 amide bonds. The van der Waals surface area contributed by atoms with Crippen LogP contribution in [-0.4, -0.2) is 29.0 Å². The normalized spacial score (nSPS) is 15.6. The molecule has 6 heteroatoms. The summed E-state index contributed by atoms with van der Waals surface area (Å²) in [5.41, 5.74) is 5.63. The van der Waals surface area contributed by atoms with Gasteiger partial charge in [0.1, 0.15) is 23.9 Å². The Hall–Kier alpha value is -3.28. The third-order valence-electron chi connectivity index (χ3n) is 4.98. The molecular formula is C21H22N4O2. The average molecular weight is 362 g/mol. The Morgan fingerprint density at radius 3 is 2.59 bits per heavy atom. The molecule has 0 saturated heterocycles. The minimum absolute atomic E-state index is 0.138. The van der Waals surface area contributed by atoms with Crippen LogP contribution in [0.25, 0.3) is 5.70 Å². The largest absolute Gasteiger partial charge is 0.497 e. The van der Waals surface area contributed by atoms with E-state index in [1.54, 1.807) is 20.5 Å². The lowest BCUT2D eigenvalue weighted by Gasteiger charge is -2.26. The number of aromatic nitrogens is 3. The lowest BCUT2D eigenvalue weighted by Crippen LogP contribution is -2.20. The molecule has 2 aromatic carbocycles. The third-order valence-corrected chi connectivity index (χ3v) is 4.98. The minimum Gasteiger partial charge on any atom is -0.497 e. The van der Waals surface area contributed by atoms with Gasteiger partial charge in [-0.3, -0.25) is 0 Å². The first-order valence-electron chi connectivity index (χ1n) is 8.78. The molecule has 138 valence electrons. The summed E-state index contributed by atoms with van der Waals surface area (Å²) in [6.45, 7) is 4.23. The summed E-state index contributed by atoms with van der Waals surface area (Å²) in [5.74, 6) is 2.20. The van der Waals surface area contributed by atoms with Crippen molar-refractivity contribution in [1.82, 2.24) is 14.8 Å². The van der Waals surface area contributed by atoms with Crippen molar-refractivity contribution in [3.63, 3.8) is 0 Å². The van der Waals surface area contributed by atoms with Crippen molar-refractivity contribution in [2.24, 2.45) is 0 Å². The lowest BCUT2D eigenvalue weighted by atomic mass is 9.99. The number of anilines is 1. The molecule has 2 heterocycles. The van der Waals surface area contributed by atoms with E-state index in [2.05, 4.69) is 53.5 Å². The van der Waals surface area contributed by atoms with Crippen molar-refractivity contribution in [1.29, 1.82) is 0 Å². The van der Waals surface area contributed by atoms with E-state index < -0.39 is 0 Å². The Bertz CT molecular complexity index is 1020. The number of hydrogen-bond acceptors (Lipinski definition) is 5. The summed E-state index contributed by atoms with van der Waals surface area (Å²) in [6, 6.07) is 12.1. The van der Waals surface area contributed by atoms with Crippen LogP contribution in [0.3, 0.4) is 0 Å². The average Bonchev–Trinajstić information content (AvgIpc) is 3.17. The van der Waals surface area contributed by atoms with Gasteiger partial charge in [-0.15, -0.1) is 0 Å². The first kappa shape index (κ1) is 17.1. The van der Waals surface area contributed by atoms with Crippen LogP contribution in [0, 0.1) is 13.8 Å². The van der Waals surface area contributed by atoms with Crippen LogP contribution >= 0.6 is 0 Å². The number of nitrogens with zero attached hydrogens (tertiary/aromatic N) is 3. The van der Waals surface area contributed by atoms with Gasteiger partial charge in [-0.05, 0) is 54.8 Å². The SMILES string of the molecule is COc1ccc(C2C=C(c3ccc(C)c(C)c3)Nc3ncnn32)c(OC)c1. The van der Waals surface area contributed by atoms with Gasteiger partial charge >= 0.3 is 0 Å². The highest BCUT2D eigenvalue weighted by atomic mass is 16.5. The van der Waals surface area contributed by atoms with Crippen molar-refractivity contribution in [3.8, 4) is 11.5 Å². The number of aryl methyl sites for hydroxylation is 2. The maximum atomic E-state index is 5.62. The summed E-state index contributed by atoms with van der Waals surface area (Å²) in [6.07, 6.45) is 3.71. The smallest absolute Gasteiger partial charge is 0.226 e. The van der Waals surface area contributed by atoms with Gasteiger partial charge in [0.15, 0.2) is 0 Å². The van der Waals surface area contributed by atoms with Crippen LogP contribution in [0.15, 0.2) is 48.8 Å². The fraction of sp³-hybridized carbons (Fsp3) is 0.238. The number of fused-ring (bicyclic) bond motifs is 1. The number of hydrogen-bond donors (Lipinski definition) is 1. The summed E-state index contributed by atoms with van der Waals surface area (Å²) in [5, 5.41) is 7.79. The quantitative estimate of drug-likeness (QED) is 0.761. The zero-order chi connectivity index (χ0) is 19.0. The second-order valence-corrected chi connectivity index (χ2v) is 6.59. The molecular weight excluding hydrogens is 340 g/mol. The van der Waals surface area contributed by atoms with E-state index >= 15 is 0 Å². The van der Waals surface area contributed by atoms with Gasteiger partial charge in [0.05, 0.1) is 14.2 Å². The van der Waals surface area contributed by atoms with Crippen LogP contribution in [0.1, 0.15) is 28.3 Å². The number of nitrogens with one attached hydrogen (secondary N) is 1. The molecule has 0 spiro atoms. The molecule has 1 N–H and O–H groups in total. The molecule has 1 aliphatic rings. The van der Waals surface area contributed by atoms with Gasteiger partial charge in [0.2, 0.25) is 5.95 Å². The fourth-order valence-corrected chi connectivity index (χ4v) is 3.30. The molecule has 1 aliphatic heterocycles. The standard InChI is InChI=1S/C21H22N4O2/c1-13-5-6-15(9-14(13)2)18-11-19(25-21(24-18)22-12-23-25)17-8-7-16(26-3)10-20(17)27-4/h5-12,19H,1-4H3,(H,22,23,24). The number of ether oxygens (including phenoxy) is 2. The van der Waals surface area contributed by atoms with Crippen molar-refractivity contribution >= 4 is 11.6 Å². The molecule has 0 bridgehead atoms. The minimum atomic E-state index is -0.138. The van der Waals surface area contributed by atoms with Crippen molar-refractivity contribution < 1.29 is 9.47 Å². The molecule has 4 rings (SSSR count). The topological polar surface area (TPSA) is 61.2 Å². The molecule has 1 aromatic heterocycles. The monoisotopic (exact) mass is 362 g/mol. The summed E-state index contributed by atoms with van der Waals surface area (Å²) in [7, 11) is 3.31. The van der Waals surface area contributed by atoms with E-state index in [-0.39, 0.29) is 6.04 Å². The summed E-state index contributed by atoms with van der Waals surface area (Å²) in [4.78, 5) is 4.37. The van der Waals surface area contributed by atoms with E-state index in [1.807, 2.05) is 22.9 Å². The van der Waals surface area contributed by atoms with Gasteiger partial charge in [-0.1, -0.05) is 12.1 Å². The van der Waals surface area contributed by atoms with Gasteiger partial charge < -0.3 is 14.8 Å². The van der Waals surface area contributed by atoms with E-state index in [9.17, 15) is 0 Å². The first-order chi connectivity index (χ1) is 13.1. The number of rotatable bonds is 4. The Balaban J connectivity index is 1.83. The highest BCUT2D eigenvalue weighted by Crippen LogP contribution is 2.37.